The Hall–Kier alpha value is -2.90. The van der Waals surface area contributed by atoms with Crippen molar-refractivity contribution >= 4 is 44.2 Å². The molecule has 0 spiro atoms. The first-order valence-corrected chi connectivity index (χ1v) is 11.8. The number of nitrogens with one attached hydrogen (secondary N) is 2. The molecule has 33 heavy (non-hydrogen) atoms. The van der Waals surface area contributed by atoms with Gasteiger partial charge in [-0.3, -0.25) is 9.59 Å². The number of rotatable bonds is 6. The Labute approximate surface area is 202 Å². The number of hydrogen-bond donors (Lipinski definition) is 2. The van der Waals surface area contributed by atoms with Gasteiger partial charge >= 0.3 is 0 Å². The Kier molecular flexibility index (Phi) is 7.00. The first kappa shape index (κ1) is 23.3. The molecule has 0 unspecified atom stereocenters. The number of likely N-dealkylation sites (N-methyl/N-ethyl adjacent to an activating group) is 1. The second-order valence-corrected chi connectivity index (χ2v) is 9.19. The number of ether oxygens (including phenoxy) is 1. The molecule has 4 rings (SSSR count). The van der Waals surface area contributed by atoms with Crippen molar-refractivity contribution in [2.75, 3.05) is 19.1 Å². The van der Waals surface area contributed by atoms with E-state index in [1.54, 1.807) is 26.0 Å². The van der Waals surface area contributed by atoms with E-state index in [0.29, 0.717) is 19.4 Å². The van der Waals surface area contributed by atoms with Crippen molar-refractivity contribution in [1.29, 1.82) is 0 Å². The van der Waals surface area contributed by atoms with Crippen LogP contribution in [0.5, 0.6) is 5.75 Å². The zero-order valence-electron chi connectivity index (χ0n) is 19.0. The van der Waals surface area contributed by atoms with Crippen molar-refractivity contribution in [2.45, 2.75) is 38.4 Å². The lowest BCUT2D eigenvalue weighted by Gasteiger charge is -2.28. The summed E-state index contributed by atoms with van der Waals surface area (Å²) in [7, 11) is 3.37. The van der Waals surface area contributed by atoms with Gasteiger partial charge in [-0.15, -0.1) is 0 Å². The molecule has 0 saturated carbocycles. The SMILES string of the molecule is CN[C@H](C)C(=O)N[C@H]1CCc2ccccc2N(Cc2c(OC)ccc3cc(Br)ccc23)C1=O. The fourth-order valence-corrected chi connectivity index (χ4v) is 4.68. The molecule has 1 aliphatic rings. The average Bonchev–Trinajstić information content (AvgIpc) is 2.95. The Morgan fingerprint density at radius 1 is 1.21 bits per heavy atom. The van der Waals surface area contributed by atoms with E-state index < -0.39 is 6.04 Å². The average molecular weight is 510 g/mol. The third-order valence-corrected chi connectivity index (χ3v) is 6.77. The van der Waals surface area contributed by atoms with E-state index in [1.807, 2.05) is 48.5 Å². The van der Waals surface area contributed by atoms with Crippen LogP contribution >= 0.6 is 15.9 Å². The first-order chi connectivity index (χ1) is 15.9. The number of carbonyl (C=O) groups is 2. The van der Waals surface area contributed by atoms with Gasteiger partial charge < -0.3 is 20.3 Å². The van der Waals surface area contributed by atoms with Gasteiger partial charge in [-0.2, -0.15) is 0 Å². The molecule has 3 aromatic rings. The minimum Gasteiger partial charge on any atom is -0.496 e. The van der Waals surface area contributed by atoms with E-state index >= 15 is 0 Å². The van der Waals surface area contributed by atoms with Crippen molar-refractivity contribution in [2.24, 2.45) is 0 Å². The third-order valence-electron chi connectivity index (χ3n) is 6.28. The van der Waals surface area contributed by atoms with Gasteiger partial charge in [-0.25, -0.2) is 0 Å². The smallest absolute Gasteiger partial charge is 0.249 e. The maximum Gasteiger partial charge on any atom is 0.249 e. The molecule has 2 N–H and O–H groups in total. The van der Waals surface area contributed by atoms with Crippen LogP contribution in [-0.2, 0) is 22.6 Å². The predicted octanol–water partition coefficient (Wildman–Crippen LogP) is 4.18. The molecule has 172 valence electrons. The number of para-hydroxylation sites is 1. The fraction of sp³-hybridized carbons (Fsp3) is 0.308. The van der Waals surface area contributed by atoms with Crippen LogP contribution in [0, 0.1) is 0 Å². The second kappa shape index (κ2) is 9.93. The van der Waals surface area contributed by atoms with Crippen LogP contribution in [0.2, 0.25) is 0 Å². The van der Waals surface area contributed by atoms with Crippen LogP contribution in [0.1, 0.15) is 24.5 Å². The molecule has 0 fully saturated rings. The van der Waals surface area contributed by atoms with Crippen LogP contribution in [0.4, 0.5) is 5.69 Å². The summed E-state index contributed by atoms with van der Waals surface area (Å²) in [5.74, 6) is 0.422. The van der Waals surface area contributed by atoms with E-state index in [1.165, 1.54) is 0 Å². The maximum atomic E-state index is 13.8. The zero-order valence-corrected chi connectivity index (χ0v) is 20.6. The summed E-state index contributed by atoms with van der Waals surface area (Å²) in [6, 6.07) is 17.0. The van der Waals surface area contributed by atoms with Crippen molar-refractivity contribution in [3.63, 3.8) is 0 Å². The quantitative estimate of drug-likeness (QED) is 0.522. The van der Waals surface area contributed by atoms with Crippen molar-refractivity contribution < 1.29 is 14.3 Å². The van der Waals surface area contributed by atoms with Gasteiger partial charge in [0, 0.05) is 15.7 Å². The van der Waals surface area contributed by atoms with E-state index in [4.69, 9.17) is 4.74 Å². The number of hydrogen-bond acceptors (Lipinski definition) is 4. The number of aryl methyl sites for hydroxylation is 1. The molecular formula is C26H28BrN3O3. The normalized spacial score (nSPS) is 16.8. The minimum atomic E-state index is -0.601. The lowest BCUT2D eigenvalue weighted by Crippen LogP contribution is -2.52. The Morgan fingerprint density at radius 3 is 2.76 bits per heavy atom. The molecular weight excluding hydrogens is 482 g/mol. The molecule has 1 aliphatic heterocycles. The Balaban J connectivity index is 1.77. The number of amides is 2. The standard InChI is InChI=1S/C26H28BrN3O3/c1-16(28-2)25(31)29-22-12-8-17-6-4-5-7-23(17)30(26(22)32)15-21-20-11-10-19(27)14-18(20)9-13-24(21)33-3/h4-7,9-11,13-14,16,22,28H,8,12,15H2,1-3H3,(H,29,31)/t16-,22+/m1/s1. The van der Waals surface area contributed by atoms with E-state index in [-0.39, 0.29) is 17.9 Å². The van der Waals surface area contributed by atoms with Gasteiger partial charge in [0.15, 0.2) is 0 Å². The topological polar surface area (TPSA) is 70.7 Å². The van der Waals surface area contributed by atoms with E-state index in [9.17, 15) is 9.59 Å². The molecule has 2 atom stereocenters. The van der Waals surface area contributed by atoms with Crippen LogP contribution in [-0.4, -0.2) is 38.1 Å². The lowest BCUT2D eigenvalue weighted by molar-refractivity contribution is -0.128. The summed E-state index contributed by atoms with van der Waals surface area (Å²) < 4.78 is 6.68. The molecule has 1 heterocycles. The van der Waals surface area contributed by atoms with Gasteiger partial charge in [-0.1, -0.05) is 46.3 Å². The lowest BCUT2D eigenvalue weighted by atomic mass is 10.0. The summed E-state index contributed by atoms with van der Waals surface area (Å²) >= 11 is 3.54. The third kappa shape index (κ3) is 4.75. The highest BCUT2D eigenvalue weighted by molar-refractivity contribution is 9.10. The van der Waals surface area contributed by atoms with Crippen LogP contribution in [0.15, 0.2) is 59.1 Å². The van der Waals surface area contributed by atoms with Crippen molar-refractivity contribution in [1.82, 2.24) is 10.6 Å². The van der Waals surface area contributed by atoms with E-state index in [0.717, 1.165) is 37.8 Å². The summed E-state index contributed by atoms with van der Waals surface area (Å²) in [5, 5.41) is 7.97. The van der Waals surface area contributed by atoms with Crippen LogP contribution in [0.3, 0.4) is 0 Å². The minimum absolute atomic E-state index is 0.118. The molecule has 6 nitrogen and oxygen atoms in total. The Morgan fingerprint density at radius 2 is 2.00 bits per heavy atom. The second-order valence-electron chi connectivity index (χ2n) is 8.28. The first-order valence-electron chi connectivity index (χ1n) is 11.0. The van der Waals surface area contributed by atoms with Crippen molar-refractivity contribution in [3.05, 3.63) is 70.2 Å². The number of methoxy groups -OCH3 is 1. The summed E-state index contributed by atoms with van der Waals surface area (Å²) in [6.07, 6.45) is 1.26. The molecule has 0 aromatic heterocycles. The van der Waals surface area contributed by atoms with Gasteiger partial charge in [0.05, 0.1) is 19.7 Å². The monoisotopic (exact) mass is 509 g/mol. The molecule has 0 radical (unpaired) electrons. The fourth-order valence-electron chi connectivity index (χ4n) is 4.30. The highest BCUT2D eigenvalue weighted by Gasteiger charge is 2.32. The highest BCUT2D eigenvalue weighted by Crippen LogP contribution is 2.34. The largest absolute Gasteiger partial charge is 0.496 e. The number of anilines is 1. The van der Waals surface area contributed by atoms with Gasteiger partial charge in [0.2, 0.25) is 11.8 Å². The number of benzene rings is 3. The molecule has 0 bridgehead atoms. The Bertz CT molecular complexity index is 1200. The zero-order chi connectivity index (χ0) is 23.5. The number of nitrogens with zero attached hydrogens (tertiary/aromatic N) is 1. The summed E-state index contributed by atoms with van der Waals surface area (Å²) in [6.45, 7) is 2.12. The number of carbonyl (C=O) groups excluding carboxylic acids is 2. The predicted molar refractivity (Wildman–Crippen MR) is 135 cm³/mol. The van der Waals surface area contributed by atoms with Gasteiger partial charge in [0.1, 0.15) is 11.8 Å². The van der Waals surface area contributed by atoms with Crippen molar-refractivity contribution in [3.8, 4) is 5.75 Å². The van der Waals surface area contributed by atoms with Crippen LogP contribution in [0.25, 0.3) is 10.8 Å². The highest BCUT2D eigenvalue weighted by atomic mass is 79.9. The molecule has 2 amide bonds. The summed E-state index contributed by atoms with van der Waals surface area (Å²) in [4.78, 5) is 28.2. The maximum absolute atomic E-state index is 13.8. The molecule has 0 aliphatic carbocycles. The van der Waals surface area contributed by atoms with Crippen LogP contribution < -0.4 is 20.3 Å². The molecule has 3 aromatic carbocycles. The van der Waals surface area contributed by atoms with E-state index in [2.05, 4.69) is 32.6 Å². The molecule has 0 saturated heterocycles. The molecule has 7 heteroatoms. The number of halogens is 1. The number of fused-ring (bicyclic) bond motifs is 2. The van der Waals surface area contributed by atoms with Gasteiger partial charge in [-0.05, 0) is 67.4 Å². The summed E-state index contributed by atoms with van der Waals surface area (Å²) in [5.41, 5.74) is 2.89. The van der Waals surface area contributed by atoms with Gasteiger partial charge in [0.25, 0.3) is 0 Å².